The summed E-state index contributed by atoms with van der Waals surface area (Å²) in [5.41, 5.74) is 7.59. The molecule has 0 spiro atoms. The van der Waals surface area contributed by atoms with Gasteiger partial charge in [0.15, 0.2) is 5.75 Å². The summed E-state index contributed by atoms with van der Waals surface area (Å²) in [5.74, 6) is 1.25. The van der Waals surface area contributed by atoms with Crippen molar-refractivity contribution in [1.29, 1.82) is 0 Å². The second-order valence-electron chi connectivity index (χ2n) is 7.46. The number of nitrogens with two attached hydrogens (primary N) is 1. The van der Waals surface area contributed by atoms with Gasteiger partial charge in [0, 0.05) is 25.0 Å². The van der Waals surface area contributed by atoms with Gasteiger partial charge in [-0.25, -0.2) is 0 Å². The smallest absolute Gasteiger partial charge is 0.156 e. The number of ether oxygens (including phenoxy) is 2. The maximum atomic E-state index is 10.8. The molecule has 1 aliphatic rings. The highest BCUT2D eigenvalue weighted by molar-refractivity contribution is 6.37. The van der Waals surface area contributed by atoms with E-state index in [1.807, 2.05) is 12.1 Å². The summed E-state index contributed by atoms with van der Waals surface area (Å²) in [6.45, 7) is 2.50. The summed E-state index contributed by atoms with van der Waals surface area (Å²) >= 11 is 12.2. The molecule has 1 aliphatic heterocycles. The lowest BCUT2D eigenvalue weighted by Gasteiger charge is -2.39. The minimum Gasteiger partial charge on any atom is -0.490 e. The molecular formula is C23H28Cl2N2O3. The average Bonchev–Trinajstić information content (AvgIpc) is 2.74. The number of carbonyl (C=O) groups excluding carboxylic acids is 1. The number of rotatable bonds is 10. The van der Waals surface area contributed by atoms with Crippen molar-refractivity contribution in [3.05, 3.63) is 58.1 Å². The number of nitrogens with zero attached hydrogens (tertiary/aromatic N) is 1. The lowest BCUT2D eigenvalue weighted by Crippen LogP contribution is -2.53. The Hall–Kier alpha value is -1.79. The van der Waals surface area contributed by atoms with Crippen molar-refractivity contribution in [3.8, 4) is 11.5 Å². The quantitative estimate of drug-likeness (QED) is 0.429. The fraction of sp³-hybridized carbons (Fsp3) is 0.435. The first-order valence-electron chi connectivity index (χ1n) is 10.3. The SMILES string of the molecule is NC1CCCN(CCC=O)C1Cc1ccc(OCCOc2c(Cl)cccc2Cl)cc1. The molecule has 2 unspecified atom stereocenters. The minimum absolute atomic E-state index is 0.134. The number of hydrogen-bond donors (Lipinski definition) is 1. The fourth-order valence-electron chi connectivity index (χ4n) is 3.82. The van der Waals surface area contributed by atoms with Crippen molar-refractivity contribution >= 4 is 29.5 Å². The third kappa shape index (κ3) is 6.35. The van der Waals surface area contributed by atoms with Crippen LogP contribution in [-0.4, -0.2) is 49.6 Å². The first-order valence-corrected chi connectivity index (χ1v) is 11.1. The van der Waals surface area contributed by atoms with Crippen LogP contribution < -0.4 is 15.2 Å². The second kappa shape index (κ2) is 11.6. The molecule has 30 heavy (non-hydrogen) atoms. The van der Waals surface area contributed by atoms with Gasteiger partial charge in [-0.2, -0.15) is 0 Å². The van der Waals surface area contributed by atoms with Crippen LogP contribution in [0.5, 0.6) is 11.5 Å². The summed E-state index contributed by atoms with van der Waals surface area (Å²) in [6.07, 6.45) is 4.52. The molecule has 7 heteroatoms. The Morgan fingerprint density at radius 1 is 1.07 bits per heavy atom. The molecule has 0 bridgehead atoms. The highest BCUT2D eigenvalue weighted by Gasteiger charge is 2.28. The topological polar surface area (TPSA) is 64.8 Å². The lowest BCUT2D eigenvalue weighted by molar-refractivity contribution is -0.108. The van der Waals surface area contributed by atoms with Gasteiger partial charge in [0.2, 0.25) is 0 Å². The maximum absolute atomic E-state index is 10.8. The monoisotopic (exact) mass is 450 g/mol. The molecule has 0 saturated carbocycles. The Balaban J connectivity index is 1.49. The van der Waals surface area contributed by atoms with Gasteiger partial charge in [0.05, 0.1) is 10.0 Å². The Morgan fingerprint density at radius 3 is 2.47 bits per heavy atom. The van der Waals surface area contributed by atoms with E-state index < -0.39 is 0 Å². The zero-order valence-electron chi connectivity index (χ0n) is 16.9. The van der Waals surface area contributed by atoms with Crippen LogP contribution in [0.2, 0.25) is 10.0 Å². The summed E-state index contributed by atoms with van der Waals surface area (Å²) in [4.78, 5) is 13.1. The molecule has 2 N–H and O–H groups in total. The van der Waals surface area contributed by atoms with E-state index in [0.717, 1.165) is 44.4 Å². The van der Waals surface area contributed by atoms with Gasteiger partial charge in [-0.3, -0.25) is 4.90 Å². The largest absolute Gasteiger partial charge is 0.490 e. The van der Waals surface area contributed by atoms with Crippen LogP contribution in [0.1, 0.15) is 24.8 Å². The van der Waals surface area contributed by atoms with E-state index in [0.29, 0.717) is 35.4 Å². The van der Waals surface area contributed by atoms with Crippen molar-refractivity contribution in [3.63, 3.8) is 0 Å². The van der Waals surface area contributed by atoms with E-state index in [2.05, 4.69) is 17.0 Å². The van der Waals surface area contributed by atoms with Crippen molar-refractivity contribution in [2.24, 2.45) is 5.73 Å². The third-order valence-corrected chi connectivity index (χ3v) is 5.96. The molecular weight excluding hydrogens is 423 g/mol. The number of hydrogen-bond acceptors (Lipinski definition) is 5. The Morgan fingerprint density at radius 2 is 1.77 bits per heavy atom. The molecule has 1 saturated heterocycles. The van der Waals surface area contributed by atoms with Gasteiger partial charge in [-0.05, 0) is 55.6 Å². The fourth-order valence-corrected chi connectivity index (χ4v) is 4.33. The van der Waals surface area contributed by atoms with Gasteiger partial charge >= 0.3 is 0 Å². The van der Waals surface area contributed by atoms with Crippen molar-refractivity contribution in [1.82, 2.24) is 4.90 Å². The van der Waals surface area contributed by atoms with Gasteiger partial charge in [-0.1, -0.05) is 41.4 Å². The number of halogens is 2. The maximum Gasteiger partial charge on any atom is 0.156 e. The molecule has 2 aromatic rings. The summed E-state index contributed by atoms with van der Waals surface area (Å²) in [5, 5.41) is 0.963. The van der Waals surface area contributed by atoms with E-state index in [1.54, 1.807) is 18.2 Å². The van der Waals surface area contributed by atoms with Gasteiger partial charge in [-0.15, -0.1) is 0 Å². The molecule has 0 radical (unpaired) electrons. The zero-order chi connectivity index (χ0) is 21.3. The number of likely N-dealkylation sites (tertiary alicyclic amines) is 1. The standard InChI is InChI=1S/C23H28Cl2N2O3/c24-19-4-1-5-20(25)23(19)30-15-14-29-18-9-7-17(8-10-18)16-22-21(26)6-2-11-27(22)12-3-13-28/h1,4-5,7-10,13,21-22H,2-3,6,11-12,14-16,26H2. The van der Waals surface area contributed by atoms with E-state index in [-0.39, 0.29) is 12.1 Å². The molecule has 1 fully saturated rings. The van der Waals surface area contributed by atoms with E-state index in [9.17, 15) is 4.79 Å². The average molecular weight is 451 g/mol. The molecule has 0 aliphatic carbocycles. The molecule has 5 nitrogen and oxygen atoms in total. The van der Waals surface area contributed by atoms with Crippen LogP contribution in [0, 0.1) is 0 Å². The number of piperidine rings is 1. The Labute approximate surface area is 188 Å². The molecule has 0 aromatic heterocycles. The first-order chi connectivity index (χ1) is 14.6. The van der Waals surface area contributed by atoms with E-state index >= 15 is 0 Å². The molecule has 2 atom stereocenters. The van der Waals surface area contributed by atoms with Crippen molar-refractivity contribution in [2.75, 3.05) is 26.3 Å². The molecule has 3 rings (SSSR count). The van der Waals surface area contributed by atoms with Crippen LogP contribution in [-0.2, 0) is 11.2 Å². The second-order valence-corrected chi connectivity index (χ2v) is 8.27. The van der Waals surface area contributed by atoms with E-state index in [4.69, 9.17) is 38.4 Å². The highest BCUT2D eigenvalue weighted by Crippen LogP contribution is 2.32. The number of aldehydes is 1. The van der Waals surface area contributed by atoms with Gasteiger partial charge in [0.25, 0.3) is 0 Å². The van der Waals surface area contributed by atoms with Crippen LogP contribution in [0.15, 0.2) is 42.5 Å². The Kier molecular flexibility index (Phi) is 8.82. The van der Waals surface area contributed by atoms with Crippen LogP contribution >= 0.6 is 23.2 Å². The normalized spacial score (nSPS) is 19.4. The predicted octanol–water partition coefficient (Wildman–Crippen LogP) is 4.37. The summed E-state index contributed by atoms with van der Waals surface area (Å²) in [6, 6.07) is 13.7. The van der Waals surface area contributed by atoms with Crippen molar-refractivity contribution < 1.29 is 14.3 Å². The zero-order valence-corrected chi connectivity index (χ0v) is 18.4. The first kappa shape index (κ1) is 22.9. The molecule has 2 aromatic carbocycles. The van der Waals surface area contributed by atoms with Gasteiger partial charge < -0.3 is 20.0 Å². The van der Waals surface area contributed by atoms with Gasteiger partial charge in [0.1, 0.15) is 25.2 Å². The summed E-state index contributed by atoms with van der Waals surface area (Å²) < 4.78 is 11.4. The molecule has 162 valence electrons. The van der Waals surface area contributed by atoms with Crippen molar-refractivity contribution in [2.45, 2.75) is 37.8 Å². The Bertz CT molecular complexity index is 796. The number of para-hydroxylation sites is 1. The lowest BCUT2D eigenvalue weighted by atomic mass is 9.91. The van der Waals surface area contributed by atoms with Crippen LogP contribution in [0.3, 0.4) is 0 Å². The number of carbonyl (C=O) groups is 1. The molecule has 1 heterocycles. The van der Waals surface area contributed by atoms with E-state index in [1.165, 1.54) is 5.56 Å². The number of benzene rings is 2. The predicted molar refractivity (Wildman–Crippen MR) is 121 cm³/mol. The molecule has 0 amide bonds. The third-order valence-electron chi connectivity index (χ3n) is 5.37. The van der Waals surface area contributed by atoms with Crippen LogP contribution in [0.4, 0.5) is 0 Å². The van der Waals surface area contributed by atoms with Crippen LogP contribution in [0.25, 0.3) is 0 Å². The highest BCUT2D eigenvalue weighted by atomic mass is 35.5. The minimum atomic E-state index is 0.134. The summed E-state index contributed by atoms with van der Waals surface area (Å²) in [7, 11) is 0.